The second kappa shape index (κ2) is 9.23. The van der Waals surface area contributed by atoms with E-state index in [1.165, 1.54) is 0 Å². The van der Waals surface area contributed by atoms with Crippen LogP contribution in [0.3, 0.4) is 0 Å². The summed E-state index contributed by atoms with van der Waals surface area (Å²) in [7, 11) is 1.62. The number of aliphatic hydroxyl groups excluding tert-OH is 1. The summed E-state index contributed by atoms with van der Waals surface area (Å²) in [5.74, 6) is -0.0246. The normalized spacial score (nSPS) is 17.9. The lowest BCUT2D eigenvalue weighted by molar-refractivity contribution is -0.136. The molecule has 0 aliphatic carbocycles. The van der Waals surface area contributed by atoms with Crippen LogP contribution in [0.4, 0.5) is 0 Å². The first kappa shape index (κ1) is 19.9. The summed E-state index contributed by atoms with van der Waals surface area (Å²) in [6.45, 7) is 4.23. The number of carbonyl (C=O) groups is 1. The van der Waals surface area contributed by atoms with Crippen LogP contribution in [0.2, 0.25) is 0 Å². The molecular weight excluding hydrogens is 316 g/mol. The molecule has 1 aromatic rings. The number of halogens is 1. The maximum Gasteiger partial charge on any atom is 0.228 e. The minimum absolute atomic E-state index is 0. The first-order chi connectivity index (χ1) is 10.6. The third-order valence-corrected chi connectivity index (χ3v) is 4.47. The molecule has 3 N–H and O–H groups in total. The molecule has 1 saturated heterocycles. The Kier molecular flexibility index (Phi) is 7.99. The Morgan fingerprint density at radius 1 is 1.39 bits per heavy atom. The van der Waals surface area contributed by atoms with Crippen LogP contribution in [0.1, 0.15) is 30.1 Å². The lowest BCUT2D eigenvalue weighted by Crippen LogP contribution is -2.50. The lowest BCUT2D eigenvalue weighted by atomic mass is 9.78. The summed E-state index contributed by atoms with van der Waals surface area (Å²) in [6.07, 6.45) is 0.826. The molecule has 1 fully saturated rings. The molecular formula is C17H27ClN2O3. The lowest BCUT2D eigenvalue weighted by Gasteiger charge is -2.35. The Balaban J connectivity index is 0.00000264. The molecule has 5 nitrogen and oxygen atoms in total. The first-order valence-electron chi connectivity index (χ1n) is 7.80. The first-order valence-corrected chi connectivity index (χ1v) is 7.80. The van der Waals surface area contributed by atoms with E-state index in [9.17, 15) is 9.90 Å². The van der Waals surface area contributed by atoms with Gasteiger partial charge in [0.25, 0.3) is 0 Å². The molecule has 1 aromatic carbocycles. The van der Waals surface area contributed by atoms with Gasteiger partial charge in [0, 0.05) is 13.7 Å². The Morgan fingerprint density at radius 3 is 2.65 bits per heavy atom. The van der Waals surface area contributed by atoms with Crippen LogP contribution in [0, 0.1) is 12.3 Å². The number of aryl methyl sites for hydroxylation is 1. The van der Waals surface area contributed by atoms with Crippen LogP contribution in [0.15, 0.2) is 24.3 Å². The van der Waals surface area contributed by atoms with Crippen molar-refractivity contribution in [1.82, 2.24) is 10.6 Å². The number of hydrogen-bond acceptors (Lipinski definition) is 4. The zero-order valence-corrected chi connectivity index (χ0v) is 14.6. The summed E-state index contributed by atoms with van der Waals surface area (Å²) in [5, 5.41) is 16.5. The third kappa shape index (κ3) is 4.91. The Morgan fingerprint density at radius 2 is 2.04 bits per heavy atom. The Labute approximate surface area is 144 Å². The van der Waals surface area contributed by atoms with Gasteiger partial charge in [0.15, 0.2) is 0 Å². The molecule has 1 heterocycles. The number of nitrogens with one attached hydrogen (secondary N) is 2. The monoisotopic (exact) mass is 342 g/mol. The van der Waals surface area contributed by atoms with Gasteiger partial charge in [-0.05, 0) is 44.0 Å². The van der Waals surface area contributed by atoms with E-state index in [-0.39, 0.29) is 24.9 Å². The smallest absolute Gasteiger partial charge is 0.228 e. The standard InChI is InChI=1S/C17H26N2O3.ClH/c1-13-5-3-4-6-14(13)15(20)11-19-16(21)17(12-22-2)7-9-18-10-8-17;/h3-6,15,18,20H,7-12H2,1-2H3,(H,19,21);1H. The third-order valence-electron chi connectivity index (χ3n) is 4.47. The predicted molar refractivity (Wildman–Crippen MR) is 92.8 cm³/mol. The van der Waals surface area contributed by atoms with Crippen molar-refractivity contribution >= 4 is 18.3 Å². The predicted octanol–water partition coefficient (Wildman–Crippen LogP) is 1.58. The van der Waals surface area contributed by atoms with Gasteiger partial charge < -0.3 is 20.5 Å². The van der Waals surface area contributed by atoms with Gasteiger partial charge in [-0.1, -0.05) is 24.3 Å². The average Bonchev–Trinajstić information content (AvgIpc) is 2.54. The fourth-order valence-electron chi connectivity index (χ4n) is 3.07. The van der Waals surface area contributed by atoms with Gasteiger partial charge >= 0.3 is 0 Å². The number of piperidine rings is 1. The van der Waals surface area contributed by atoms with Crippen molar-refractivity contribution in [1.29, 1.82) is 0 Å². The molecule has 1 atom stereocenters. The van der Waals surface area contributed by atoms with Gasteiger partial charge in [-0.2, -0.15) is 0 Å². The van der Waals surface area contributed by atoms with Crippen LogP contribution >= 0.6 is 12.4 Å². The highest BCUT2D eigenvalue weighted by Gasteiger charge is 2.39. The Bertz CT molecular complexity index is 499. The van der Waals surface area contributed by atoms with E-state index in [1.807, 2.05) is 31.2 Å². The molecule has 1 amide bonds. The number of ether oxygens (including phenoxy) is 1. The van der Waals surface area contributed by atoms with E-state index < -0.39 is 11.5 Å². The molecule has 1 aliphatic rings. The van der Waals surface area contributed by atoms with E-state index >= 15 is 0 Å². The van der Waals surface area contributed by atoms with E-state index in [0.717, 1.165) is 37.1 Å². The summed E-state index contributed by atoms with van der Waals surface area (Å²) in [6, 6.07) is 7.68. The van der Waals surface area contributed by atoms with Crippen molar-refractivity contribution in [3.63, 3.8) is 0 Å². The molecule has 130 valence electrons. The number of amides is 1. The molecule has 23 heavy (non-hydrogen) atoms. The van der Waals surface area contributed by atoms with Crippen LogP contribution in [-0.4, -0.2) is 44.4 Å². The summed E-state index contributed by atoms with van der Waals surface area (Å²) in [4.78, 5) is 12.6. The second-order valence-electron chi connectivity index (χ2n) is 6.05. The molecule has 0 saturated carbocycles. The van der Waals surface area contributed by atoms with Gasteiger partial charge in [-0.3, -0.25) is 4.79 Å². The highest BCUT2D eigenvalue weighted by atomic mass is 35.5. The van der Waals surface area contributed by atoms with Crippen LogP contribution in [-0.2, 0) is 9.53 Å². The number of rotatable bonds is 6. The Hall–Kier alpha value is -1.14. The highest BCUT2D eigenvalue weighted by Crippen LogP contribution is 2.29. The van der Waals surface area contributed by atoms with Crippen molar-refractivity contribution in [2.24, 2.45) is 5.41 Å². The van der Waals surface area contributed by atoms with Gasteiger partial charge in [0.05, 0.1) is 18.1 Å². The maximum atomic E-state index is 12.6. The second-order valence-corrected chi connectivity index (χ2v) is 6.05. The fraction of sp³-hybridized carbons (Fsp3) is 0.588. The number of carbonyl (C=O) groups excluding carboxylic acids is 1. The SMILES string of the molecule is COCC1(C(=O)NCC(O)c2ccccc2C)CCNCC1.Cl. The summed E-state index contributed by atoms with van der Waals surface area (Å²) >= 11 is 0. The van der Waals surface area contributed by atoms with E-state index in [2.05, 4.69) is 10.6 Å². The van der Waals surface area contributed by atoms with Crippen molar-refractivity contribution in [2.45, 2.75) is 25.9 Å². The fourth-order valence-corrected chi connectivity index (χ4v) is 3.07. The minimum atomic E-state index is -0.688. The molecule has 0 radical (unpaired) electrons. The van der Waals surface area contributed by atoms with Gasteiger partial charge in [-0.15, -0.1) is 12.4 Å². The van der Waals surface area contributed by atoms with Crippen molar-refractivity contribution in [2.75, 3.05) is 33.4 Å². The average molecular weight is 343 g/mol. The summed E-state index contributed by atoms with van der Waals surface area (Å²) in [5.41, 5.74) is 1.40. The quantitative estimate of drug-likeness (QED) is 0.734. The van der Waals surface area contributed by atoms with Crippen LogP contribution in [0.5, 0.6) is 0 Å². The minimum Gasteiger partial charge on any atom is -0.387 e. The van der Waals surface area contributed by atoms with Gasteiger partial charge in [0.1, 0.15) is 0 Å². The molecule has 2 rings (SSSR count). The molecule has 6 heteroatoms. The molecule has 0 aromatic heterocycles. The van der Waals surface area contributed by atoms with Gasteiger partial charge in [-0.25, -0.2) is 0 Å². The van der Waals surface area contributed by atoms with Crippen LogP contribution < -0.4 is 10.6 Å². The van der Waals surface area contributed by atoms with Crippen molar-refractivity contribution in [3.8, 4) is 0 Å². The van der Waals surface area contributed by atoms with E-state index in [4.69, 9.17) is 4.74 Å². The topological polar surface area (TPSA) is 70.6 Å². The van der Waals surface area contributed by atoms with Crippen molar-refractivity contribution in [3.05, 3.63) is 35.4 Å². The number of aliphatic hydroxyl groups is 1. The molecule has 1 unspecified atom stereocenters. The number of methoxy groups -OCH3 is 1. The zero-order chi connectivity index (χ0) is 16.0. The zero-order valence-electron chi connectivity index (χ0n) is 13.8. The van der Waals surface area contributed by atoms with Crippen LogP contribution in [0.25, 0.3) is 0 Å². The maximum absolute atomic E-state index is 12.6. The number of benzene rings is 1. The summed E-state index contributed by atoms with van der Waals surface area (Å²) < 4.78 is 5.27. The number of hydrogen-bond donors (Lipinski definition) is 3. The molecule has 1 aliphatic heterocycles. The van der Waals surface area contributed by atoms with E-state index in [1.54, 1.807) is 7.11 Å². The highest BCUT2D eigenvalue weighted by molar-refractivity contribution is 5.85. The molecule has 0 spiro atoms. The van der Waals surface area contributed by atoms with Crippen molar-refractivity contribution < 1.29 is 14.6 Å². The largest absolute Gasteiger partial charge is 0.387 e. The molecule has 0 bridgehead atoms. The van der Waals surface area contributed by atoms with E-state index in [0.29, 0.717) is 6.61 Å². The van der Waals surface area contributed by atoms with Gasteiger partial charge in [0.2, 0.25) is 5.91 Å².